The Morgan fingerprint density at radius 3 is 2.29 bits per heavy atom. The number of carbonyl (C=O) groups is 1. The average molecular weight is 378 g/mol. The third-order valence-electron chi connectivity index (χ3n) is 4.11. The number of rotatable bonds is 7. The molecule has 1 aromatic heterocycles. The van der Waals surface area contributed by atoms with Crippen molar-refractivity contribution in [2.75, 3.05) is 19.5 Å². The van der Waals surface area contributed by atoms with Gasteiger partial charge in [0.2, 0.25) is 5.75 Å². The number of methoxy groups -OCH3 is 2. The van der Waals surface area contributed by atoms with Crippen molar-refractivity contribution in [1.29, 1.82) is 0 Å². The molecule has 1 amide bonds. The number of carbonyl (C=O) groups excluding carboxylic acids is 1. The lowest BCUT2D eigenvalue weighted by atomic mass is 10.1. The highest BCUT2D eigenvalue weighted by molar-refractivity contribution is 6.04. The monoisotopic (exact) mass is 378 g/mol. The quantitative estimate of drug-likeness (QED) is 0.666. The Morgan fingerprint density at radius 1 is 1.00 bits per heavy atom. The van der Waals surface area contributed by atoms with Gasteiger partial charge in [0.25, 0.3) is 5.91 Å². The van der Waals surface area contributed by atoms with Crippen LogP contribution in [0.4, 0.5) is 5.82 Å². The van der Waals surface area contributed by atoms with E-state index in [1.54, 1.807) is 24.4 Å². The molecule has 3 aromatic rings. The third kappa shape index (κ3) is 4.59. The number of benzene rings is 2. The van der Waals surface area contributed by atoms with Gasteiger partial charge in [-0.25, -0.2) is 4.98 Å². The van der Waals surface area contributed by atoms with Crippen molar-refractivity contribution >= 4 is 11.7 Å². The topological polar surface area (TPSA) is 69.7 Å². The zero-order valence-electron chi connectivity index (χ0n) is 16.1. The first-order valence-corrected chi connectivity index (χ1v) is 8.77. The summed E-state index contributed by atoms with van der Waals surface area (Å²) in [5, 5.41) is 2.78. The van der Waals surface area contributed by atoms with E-state index in [1.165, 1.54) is 14.2 Å². The summed E-state index contributed by atoms with van der Waals surface area (Å²) in [5.41, 5.74) is 2.40. The number of nitrogens with one attached hydrogen (secondary N) is 1. The fourth-order valence-corrected chi connectivity index (χ4v) is 2.68. The highest BCUT2D eigenvalue weighted by Gasteiger charge is 2.18. The van der Waals surface area contributed by atoms with Crippen LogP contribution in [0.1, 0.15) is 21.5 Å². The van der Waals surface area contributed by atoms with E-state index >= 15 is 0 Å². The Kier molecular flexibility index (Phi) is 6.11. The fraction of sp³-hybridized carbons (Fsp3) is 0.182. The number of nitrogens with zero attached hydrogens (tertiary/aromatic N) is 1. The molecular formula is C22H22N2O4. The van der Waals surface area contributed by atoms with Gasteiger partial charge in [-0.05, 0) is 42.3 Å². The van der Waals surface area contributed by atoms with Crippen LogP contribution >= 0.6 is 0 Å². The molecule has 0 fully saturated rings. The molecule has 2 aromatic carbocycles. The van der Waals surface area contributed by atoms with Gasteiger partial charge in [-0.3, -0.25) is 4.79 Å². The summed E-state index contributed by atoms with van der Waals surface area (Å²) >= 11 is 0. The summed E-state index contributed by atoms with van der Waals surface area (Å²) in [5.74, 6) is 1.44. The summed E-state index contributed by atoms with van der Waals surface area (Å²) in [6.45, 7) is 2.29. The number of hydrogen-bond acceptors (Lipinski definition) is 5. The van der Waals surface area contributed by atoms with E-state index in [0.717, 1.165) is 11.1 Å². The molecule has 0 aliphatic heterocycles. The van der Waals surface area contributed by atoms with Crippen molar-refractivity contribution in [3.8, 4) is 17.2 Å². The van der Waals surface area contributed by atoms with Gasteiger partial charge in [-0.2, -0.15) is 0 Å². The minimum atomic E-state index is -0.315. The van der Waals surface area contributed by atoms with Crippen LogP contribution in [0.25, 0.3) is 0 Å². The van der Waals surface area contributed by atoms with E-state index in [2.05, 4.69) is 10.3 Å². The molecule has 1 N–H and O–H groups in total. The molecule has 1 heterocycles. The number of hydrogen-bond donors (Lipinski definition) is 1. The lowest BCUT2D eigenvalue weighted by Gasteiger charge is -2.16. The molecule has 0 spiro atoms. The Balaban J connectivity index is 1.84. The minimum Gasteiger partial charge on any atom is -0.493 e. The molecule has 0 aliphatic rings. The molecule has 0 saturated heterocycles. The number of aryl methyl sites for hydroxylation is 1. The van der Waals surface area contributed by atoms with Crippen molar-refractivity contribution in [3.63, 3.8) is 0 Å². The van der Waals surface area contributed by atoms with Crippen LogP contribution in [0, 0.1) is 6.92 Å². The number of anilines is 1. The molecule has 0 aliphatic carbocycles. The van der Waals surface area contributed by atoms with Crippen molar-refractivity contribution < 1.29 is 19.0 Å². The van der Waals surface area contributed by atoms with Crippen LogP contribution in [0.5, 0.6) is 17.2 Å². The first-order chi connectivity index (χ1) is 13.6. The number of ether oxygens (including phenoxy) is 3. The summed E-state index contributed by atoms with van der Waals surface area (Å²) in [7, 11) is 3.04. The van der Waals surface area contributed by atoms with Gasteiger partial charge < -0.3 is 19.5 Å². The third-order valence-corrected chi connectivity index (χ3v) is 4.11. The maximum Gasteiger partial charge on any atom is 0.257 e. The Labute approximate surface area is 164 Å². The summed E-state index contributed by atoms with van der Waals surface area (Å²) in [4.78, 5) is 16.8. The van der Waals surface area contributed by atoms with E-state index in [4.69, 9.17) is 14.2 Å². The smallest absolute Gasteiger partial charge is 0.257 e. The van der Waals surface area contributed by atoms with Gasteiger partial charge >= 0.3 is 0 Å². The van der Waals surface area contributed by atoms with Crippen LogP contribution in [0.3, 0.4) is 0 Å². The zero-order chi connectivity index (χ0) is 19.9. The predicted octanol–water partition coefficient (Wildman–Crippen LogP) is 4.24. The Morgan fingerprint density at radius 2 is 1.68 bits per heavy atom. The molecular weight excluding hydrogens is 356 g/mol. The first-order valence-electron chi connectivity index (χ1n) is 8.77. The summed E-state index contributed by atoms with van der Waals surface area (Å²) in [6.07, 6.45) is 1.65. The first kappa shape index (κ1) is 19.2. The average Bonchev–Trinajstić information content (AvgIpc) is 2.72. The molecule has 28 heavy (non-hydrogen) atoms. The summed E-state index contributed by atoms with van der Waals surface area (Å²) in [6, 6.07) is 16.7. The zero-order valence-corrected chi connectivity index (χ0v) is 16.1. The van der Waals surface area contributed by atoms with E-state index in [0.29, 0.717) is 35.2 Å². The van der Waals surface area contributed by atoms with E-state index in [9.17, 15) is 4.79 Å². The predicted molar refractivity (Wildman–Crippen MR) is 107 cm³/mol. The largest absolute Gasteiger partial charge is 0.493 e. The summed E-state index contributed by atoms with van der Waals surface area (Å²) < 4.78 is 16.8. The van der Waals surface area contributed by atoms with E-state index < -0.39 is 0 Å². The molecule has 0 bridgehead atoms. The van der Waals surface area contributed by atoms with Gasteiger partial charge in [0.1, 0.15) is 12.4 Å². The molecule has 0 unspecified atom stereocenters. The molecule has 0 radical (unpaired) electrons. The minimum absolute atomic E-state index is 0.315. The molecule has 3 rings (SSSR count). The van der Waals surface area contributed by atoms with E-state index in [-0.39, 0.29) is 5.91 Å². The lowest BCUT2D eigenvalue weighted by Crippen LogP contribution is -2.13. The normalized spacial score (nSPS) is 10.2. The molecule has 144 valence electrons. The fourth-order valence-electron chi connectivity index (χ4n) is 2.68. The molecule has 0 atom stereocenters. The molecule has 6 nitrogen and oxygen atoms in total. The van der Waals surface area contributed by atoms with Crippen LogP contribution in [0.15, 0.2) is 60.8 Å². The molecule has 0 saturated carbocycles. The van der Waals surface area contributed by atoms with Crippen molar-refractivity contribution in [2.24, 2.45) is 0 Å². The second-order valence-corrected chi connectivity index (χ2v) is 6.16. The Bertz CT molecular complexity index is 933. The molecule has 6 heteroatoms. The number of amides is 1. The lowest BCUT2D eigenvalue weighted by molar-refractivity contribution is 0.102. The van der Waals surface area contributed by atoms with Crippen molar-refractivity contribution in [1.82, 2.24) is 4.98 Å². The van der Waals surface area contributed by atoms with E-state index in [1.807, 2.05) is 43.3 Å². The standard InChI is InChI=1S/C22H22N2O4/c1-15-9-10-23-20(11-15)24-22(25)17-12-18(26-2)21(19(13-17)27-3)28-14-16-7-5-4-6-8-16/h4-13H,14H2,1-3H3,(H,23,24,25). The van der Waals surface area contributed by atoms with Crippen LogP contribution in [-0.4, -0.2) is 25.1 Å². The van der Waals surface area contributed by atoms with Crippen LogP contribution < -0.4 is 19.5 Å². The maximum absolute atomic E-state index is 12.6. The Hall–Kier alpha value is -3.54. The van der Waals surface area contributed by atoms with Gasteiger partial charge in [0.15, 0.2) is 11.5 Å². The van der Waals surface area contributed by atoms with Crippen LogP contribution in [-0.2, 0) is 6.61 Å². The van der Waals surface area contributed by atoms with Crippen LogP contribution in [0.2, 0.25) is 0 Å². The van der Waals surface area contributed by atoms with Gasteiger partial charge in [0, 0.05) is 11.8 Å². The highest BCUT2D eigenvalue weighted by atomic mass is 16.5. The van der Waals surface area contributed by atoms with Gasteiger partial charge in [0.05, 0.1) is 14.2 Å². The SMILES string of the molecule is COc1cc(C(=O)Nc2cc(C)ccn2)cc(OC)c1OCc1ccccc1. The second-order valence-electron chi connectivity index (χ2n) is 6.16. The van der Waals surface area contributed by atoms with Crippen molar-refractivity contribution in [3.05, 3.63) is 77.5 Å². The number of aromatic nitrogens is 1. The highest BCUT2D eigenvalue weighted by Crippen LogP contribution is 2.39. The van der Waals surface area contributed by atoms with Gasteiger partial charge in [-0.1, -0.05) is 30.3 Å². The van der Waals surface area contributed by atoms with Gasteiger partial charge in [-0.15, -0.1) is 0 Å². The second kappa shape index (κ2) is 8.90. The maximum atomic E-state index is 12.6. The van der Waals surface area contributed by atoms with Crippen molar-refractivity contribution in [2.45, 2.75) is 13.5 Å². The number of pyridine rings is 1.